The van der Waals surface area contributed by atoms with Crippen molar-refractivity contribution in [2.24, 2.45) is 0 Å². The van der Waals surface area contributed by atoms with Crippen LogP contribution in [-0.2, 0) is 4.74 Å². The Morgan fingerprint density at radius 3 is 2.32 bits per heavy atom. The maximum absolute atomic E-state index is 11.8. The molecule has 0 spiro atoms. The van der Waals surface area contributed by atoms with Crippen molar-refractivity contribution in [2.75, 3.05) is 11.1 Å². The molecule has 122 valence electrons. The lowest BCUT2D eigenvalue weighted by molar-refractivity contribution is 0.0492. The Kier molecular flexibility index (Phi) is 5.16. The van der Waals surface area contributed by atoms with E-state index < -0.39 is 5.60 Å². The summed E-state index contributed by atoms with van der Waals surface area (Å²) < 4.78 is 5.30. The molecule has 1 aromatic rings. The standard InChI is InChI=1S/C17H27N3O2/c1-17(2,3)22-16(21)20-13-10-8-12(9-11-13)19-15-7-5-4-6-14(15)18/h4-7,12-13,19H,8-11,18H2,1-3H3,(H,20,21). The molecule has 0 unspecified atom stereocenters. The third kappa shape index (κ3) is 5.13. The first-order chi connectivity index (χ1) is 10.3. The molecule has 5 heteroatoms. The number of hydrogen-bond acceptors (Lipinski definition) is 4. The van der Waals surface area contributed by atoms with Crippen molar-refractivity contribution >= 4 is 17.5 Å². The van der Waals surface area contributed by atoms with Crippen LogP contribution in [-0.4, -0.2) is 23.8 Å². The number of carbonyl (C=O) groups excluding carboxylic acids is 1. The van der Waals surface area contributed by atoms with E-state index in [4.69, 9.17) is 10.5 Å². The molecule has 22 heavy (non-hydrogen) atoms. The zero-order valence-corrected chi connectivity index (χ0v) is 13.7. The molecule has 1 aromatic carbocycles. The average molecular weight is 305 g/mol. The van der Waals surface area contributed by atoms with Gasteiger partial charge in [0.15, 0.2) is 0 Å². The highest BCUT2D eigenvalue weighted by Crippen LogP contribution is 2.25. The summed E-state index contributed by atoms with van der Waals surface area (Å²) in [5.41, 5.74) is 7.27. The molecular weight excluding hydrogens is 278 g/mol. The van der Waals surface area contributed by atoms with E-state index >= 15 is 0 Å². The van der Waals surface area contributed by atoms with E-state index in [-0.39, 0.29) is 12.1 Å². The molecular formula is C17H27N3O2. The number of nitrogen functional groups attached to an aromatic ring is 1. The molecule has 2 rings (SSSR count). The van der Waals surface area contributed by atoms with Crippen LogP contribution in [0.3, 0.4) is 0 Å². The molecule has 0 radical (unpaired) electrons. The number of nitrogens with one attached hydrogen (secondary N) is 2. The molecule has 5 nitrogen and oxygen atoms in total. The summed E-state index contributed by atoms with van der Waals surface area (Å²) in [6, 6.07) is 8.41. The van der Waals surface area contributed by atoms with Crippen molar-refractivity contribution in [3.8, 4) is 0 Å². The normalized spacial score (nSPS) is 22.0. The van der Waals surface area contributed by atoms with Gasteiger partial charge >= 0.3 is 6.09 Å². The number of para-hydroxylation sites is 2. The van der Waals surface area contributed by atoms with E-state index in [1.54, 1.807) is 0 Å². The van der Waals surface area contributed by atoms with Gasteiger partial charge in [0.25, 0.3) is 0 Å². The highest BCUT2D eigenvalue weighted by molar-refractivity contribution is 5.68. The first-order valence-corrected chi connectivity index (χ1v) is 7.94. The number of alkyl carbamates (subject to hydrolysis) is 1. The highest BCUT2D eigenvalue weighted by Gasteiger charge is 2.24. The number of anilines is 2. The van der Waals surface area contributed by atoms with Gasteiger partial charge in [-0.15, -0.1) is 0 Å². The topological polar surface area (TPSA) is 76.4 Å². The van der Waals surface area contributed by atoms with E-state index in [0.29, 0.717) is 6.04 Å². The molecule has 0 aliphatic heterocycles. The Balaban J connectivity index is 1.76. The smallest absolute Gasteiger partial charge is 0.407 e. The number of carbonyl (C=O) groups is 1. The maximum Gasteiger partial charge on any atom is 0.407 e. The molecule has 1 saturated carbocycles. The van der Waals surface area contributed by atoms with Gasteiger partial charge in [0.2, 0.25) is 0 Å². The number of benzene rings is 1. The van der Waals surface area contributed by atoms with Gasteiger partial charge in [0.1, 0.15) is 5.60 Å². The van der Waals surface area contributed by atoms with E-state index in [2.05, 4.69) is 10.6 Å². The van der Waals surface area contributed by atoms with Crippen LogP contribution in [0.2, 0.25) is 0 Å². The lowest BCUT2D eigenvalue weighted by Gasteiger charge is -2.31. The third-order valence-electron chi connectivity index (χ3n) is 3.77. The lowest BCUT2D eigenvalue weighted by atomic mass is 9.91. The molecule has 0 saturated heterocycles. The van der Waals surface area contributed by atoms with Crippen molar-refractivity contribution in [1.29, 1.82) is 0 Å². The molecule has 4 N–H and O–H groups in total. The summed E-state index contributed by atoms with van der Waals surface area (Å²) in [5, 5.41) is 6.45. The lowest BCUT2D eigenvalue weighted by Crippen LogP contribution is -2.42. The summed E-state index contributed by atoms with van der Waals surface area (Å²) in [7, 11) is 0. The van der Waals surface area contributed by atoms with Crippen LogP contribution in [0.5, 0.6) is 0 Å². The predicted molar refractivity (Wildman–Crippen MR) is 89.9 cm³/mol. The van der Waals surface area contributed by atoms with Crippen molar-refractivity contribution in [1.82, 2.24) is 5.32 Å². The average Bonchev–Trinajstić information content (AvgIpc) is 2.41. The van der Waals surface area contributed by atoms with Crippen molar-refractivity contribution in [3.63, 3.8) is 0 Å². The Labute approximate surface area is 132 Å². The molecule has 0 heterocycles. The fraction of sp³-hybridized carbons (Fsp3) is 0.588. The number of hydrogen-bond donors (Lipinski definition) is 3. The molecule has 1 amide bonds. The number of ether oxygens (including phenoxy) is 1. The van der Waals surface area contributed by atoms with Crippen molar-refractivity contribution < 1.29 is 9.53 Å². The second-order valence-electron chi connectivity index (χ2n) is 6.93. The fourth-order valence-corrected chi connectivity index (χ4v) is 2.70. The van der Waals surface area contributed by atoms with Crippen molar-refractivity contribution in [3.05, 3.63) is 24.3 Å². The summed E-state index contributed by atoms with van der Waals surface area (Å²) in [6.07, 6.45) is 3.59. The molecule has 1 aliphatic carbocycles. The zero-order chi connectivity index (χ0) is 16.2. The Morgan fingerprint density at radius 2 is 1.73 bits per heavy atom. The Bertz CT molecular complexity index is 503. The quantitative estimate of drug-likeness (QED) is 0.747. The first kappa shape index (κ1) is 16.5. The van der Waals surface area contributed by atoms with E-state index in [1.807, 2.05) is 45.0 Å². The number of nitrogens with two attached hydrogens (primary N) is 1. The van der Waals surface area contributed by atoms with Crippen LogP contribution in [0.1, 0.15) is 46.5 Å². The van der Waals surface area contributed by atoms with Crippen LogP contribution in [0.25, 0.3) is 0 Å². The third-order valence-corrected chi connectivity index (χ3v) is 3.77. The predicted octanol–water partition coefficient (Wildman–Crippen LogP) is 3.52. The molecule has 1 aliphatic rings. The van der Waals surface area contributed by atoms with Crippen LogP contribution >= 0.6 is 0 Å². The minimum atomic E-state index is -0.451. The van der Waals surface area contributed by atoms with Gasteiger partial charge in [0.05, 0.1) is 11.4 Å². The molecule has 0 aromatic heterocycles. The molecule has 0 atom stereocenters. The summed E-state index contributed by atoms with van der Waals surface area (Å²) in [5.74, 6) is 0. The summed E-state index contributed by atoms with van der Waals surface area (Å²) in [6.45, 7) is 5.62. The van der Waals surface area contributed by atoms with E-state index in [9.17, 15) is 4.79 Å². The first-order valence-electron chi connectivity index (χ1n) is 7.94. The monoisotopic (exact) mass is 305 g/mol. The van der Waals surface area contributed by atoms with Crippen LogP contribution in [0, 0.1) is 0 Å². The highest BCUT2D eigenvalue weighted by atomic mass is 16.6. The second-order valence-corrected chi connectivity index (χ2v) is 6.93. The van der Waals surface area contributed by atoms with Gasteiger partial charge in [-0.1, -0.05) is 12.1 Å². The maximum atomic E-state index is 11.8. The van der Waals surface area contributed by atoms with Crippen molar-refractivity contribution in [2.45, 2.75) is 64.1 Å². The van der Waals surface area contributed by atoms with Crippen LogP contribution in [0.4, 0.5) is 16.2 Å². The number of rotatable bonds is 3. The van der Waals surface area contributed by atoms with Crippen LogP contribution < -0.4 is 16.4 Å². The SMILES string of the molecule is CC(C)(C)OC(=O)NC1CCC(Nc2ccccc2N)CC1. The summed E-state index contributed by atoms with van der Waals surface area (Å²) >= 11 is 0. The van der Waals surface area contributed by atoms with E-state index in [1.165, 1.54) is 0 Å². The van der Waals surface area contributed by atoms with Gasteiger partial charge in [0, 0.05) is 12.1 Å². The Hall–Kier alpha value is -1.91. The van der Waals surface area contributed by atoms with E-state index in [0.717, 1.165) is 37.1 Å². The van der Waals surface area contributed by atoms with Gasteiger partial charge in [-0.25, -0.2) is 4.79 Å². The minimum Gasteiger partial charge on any atom is -0.444 e. The minimum absolute atomic E-state index is 0.195. The number of amides is 1. The zero-order valence-electron chi connectivity index (χ0n) is 13.7. The summed E-state index contributed by atoms with van der Waals surface area (Å²) in [4.78, 5) is 11.8. The second kappa shape index (κ2) is 6.90. The molecule has 1 fully saturated rings. The van der Waals surface area contributed by atoms with Gasteiger partial charge < -0.3 is 21.1 Å². The largest absolute Gasteiger partial charge is 0.444 e. The van der Waals surface area contributed by atoms with Gasteiger partial charge in [-0.3, -0.25) is 0 Å². The molecule has 0 bridgehead atoms. The van der Waals surface area contributed by atoms with Gasteiger partial charge in [-0.2, -0.15) is 0 Å². The van der Waals surface area contributed by atoms with Crippen LogP contribution in [0.15, 0.2) is 24.3 Å². The van der Waals surface area contributed by atoms with Gasteiger partial charge in [-0.05, 0) is 58.6 Å². The Morgan fingerprint density at radius 1 is 1.14 bits per heavy atom. The fourth-order valence-electron chi connectivity index (χ4n) is 2.70.